The number of hydrogen-bond acceptors (Lipinski definition) is 3. The average molecular weight is 227 g/mol. The summed E-state index contributed by atoms with van der Waals surface area (Å²) in [4.78, 5) is 13.8. The molecule has 16 heavy (non-hydrogen) atoms. The molecule has 1 aliphatic heterocycles. The van der Waals surface area contributed by atoms with Crippen LogP contribution in [0.25, 0.3) is 0 Å². The lowest BCUT2D eigenvalue weighted by Gasteiger charge is -2.34. The van der Waals surface area contributed by atoms with Crippen molar-refractivity contribution in [1.82, 2.24) is 10.2 Å². The number of ether oxygens (including phenoxy) is 1. The highest BCUT2D eigenvalue weighted by molar-refractivity contribution is 5.75. The summed E-state index contributed by atoms with van der Waals surface area (Å²) in [7, 11) is 0. The monoisotopic (exact) mass is 227 g/mol. The second kappa shape index (κ2) is 4.59. The van der Waals surface area contributed by atoms with Crippen LogP contribution in [-0.2, 0) is 4.74 Å². The van der Waals surface area contributed by atoms with Gasteiger partial charge in [-0.25, -0.2) is 4.79 Å². The van der Waals surface area contributed by atoms with Crippen LogP contribution in [0.4, 0.5) is 4.79 Å². The molecule has 1 atom stereocenters. The molecule has 1 heterocycles. The first-order chi connectivity index (χ1) is 7.65. The molecule has 3 N–H and O–H groups in total. The summed E-state index contributed by atoms with van der Waals surface area (Å²) in [6.07, 6.45) is 2.36. The number of carbonyl (C=O) groups is 1. The fourth-order valence-electron chi connectivity index (χ4n) is 2.13. The SMILES string of the molecule is CC(CN)(NC(=O)N1CCOCC1)C1CC1. The first-order valence-corrected chi connectivity index (χ1v) is 6.00. The average Bonchev–Trinajstić information content (AvgIpc) is 3.14. The van der Waals surface area contributed by atoms with Crippen molar-refractivity contribution >= 4 is 6.03 Å². The molecule has 2 amide bonds. The van der Waals surface area contributed by atoms with Crippen molar-refractivity contribution < 1.29 is 9.53 Å². The van der Waals surface area contributed by atoms with Gasteiger partial charge in [0.1, 0.15) is 0 Å². The van der Waals surface area contributed by atoms with Crippen LogP contribution in [0, 0.1) is 5.92 Å². The summed E-state index contributed by atoms with van der Waals surface area (Å²) in [5.41, 5.74) is 5.54. The smallest absolute Gasteiger partial charge is 0.318 e. The molecule has 2 fully saturated rings. The van der Waals surface area contributed by atoms with Gasteiger partial charge in [-0.05, 0) is 25.7 Å². The van der Waals surface area contributed by atoms with Crippen LogP contribution >= 0.6 is 0 Å². The minimum atomic E-state index is -0.227. The topological polar surface area (TPSA) is 67.6 Å². The molecule has 1 saturated heterocycles. The third-order valence-electron chi connectivity index (χ3n) is 3.59. The van der Waals surface area contributed by atoms with Crippen molar-refractivity contribution in [3.63, 3.8) is 0 Å². The van der Waals surface area contributed by atoms with Gasteiger partial charge in [0.15, 0.2) is 0 Å². The van der Waals surface area contributed by atoms with E-state index in [1.165, 1.54) is 12.8 Å². The Balaban J connectivity index is 1.89. The Morgan fingerprint density at radius 1 is 1.50 bits per heavy atom. The first-order valence-electron chi connectivity index (χ1n) is 6.00. The number of nitrogens with zero attached hydrogens (tertiary/aromatic N) is 1. The molecule has 5 nitrogen and oxygen atoms in total. The van der Waals surface area contributed by atoms with Gasteiger partial charge in [0, 0.05) is 19.6 Å². The second-order valence-electron chi connectivity index (χ2n) is 4.93. The van der Waals surface area contributed by atoms with E-state index in [0.29, 0.717) is 38.8 Å². The van der Waals surface area contributed by atoms with Crippen LogP contribution < -0.4 is 11.1 Å². The third kappa shape index (κ3) is 2.47. The fourth-order valence-corrected chi connectivity index (χ4v) is 2.13. The third-order valence-corrected chi connectivity index (χ3v) is 3.59. The van der Waals surface area contributed by atoms with E-state index >= 15 is 0 Å². The lowest BCUT2D eigenvalue weighted by molar-refractivity contribution is 0.0508. The molecule has 0 spiro atoms. The van der Waals surface area contributed by atoms with Crippen molar-refractivity contribution in [2.45, 2.75) is 25.3 Å². The van der Waals surface area contributed by atoms with Gasteiger partial charge in [-0.15, -0.1) is 0 Å². The van der Waals surface area contributed by atoms with Crippen molar-refractivity contribution in [3.8, 4) is 0 Å². The minimum absolute atomic E-state index is 0.00292. The van der Waals surface area contributed by atoms with Gasteiger partial charge in [-0.2, -0.15) is 0 Å². The van der Waals surface area contributed by atoms with Crippen LogP contribution in [0.3, 0.4) is 0 Å². The molecule has 5 heteroatoms. The fraction of sp³-hybridized carbons (Fsp3) is 0.909. The number of nitrogens with two attached hydrogens (primary N) is 1. The minimum Gasteiger partial charge on any atom is -0.378 e. The maximum Gasteiger partial charge on any atom is 0.318 e. The Morgan fingerprint density at radius 3 is 2.62 bits per heavy atom. The number of hydrogen-bond donors (Lipinski definition) is 2. The van der Waals surface area contributed by atoms with Crippen LogP contribution in [0.1, 0.15) is 19.8 Å². The summed E-state index contributed by atoms with van der Waals surface area (Å²) in [5.74, 6) is 0.558. The van der Waals surface area contributed by atoms with E-state index in [2.05, 4.69) is 5.32 Å². The normalized spacial score (nSPS) is 25.0. The van der Waals surface area contributed by atoms with Crippen molar-refractivity contribution in [2.75, 3.05) is 32.8 Å². The molecule has 1 aliphatic carbocycles. The largest absolute Gasteiger partial charge is 0.378 e. The van der Waals surface area contributed by atoms with Gasteiger partial charge in [0.05, 0.1) is 18.8 Å². The van der Waals surface area contributed by atoms with Crippen molar-refractivity contribution in [3.05, 3.63) is 0 Å². The second-order valence-corrected chi connectivity index (χ2v) is 4.93. The number of rotatable bonds is 3. The highest BCUT2D eigenvalue weighted by atomic mass is 16.5. The summed E-state index contributed by atoms with van der Waals surface area (Å²) in [5, 5.41) is 3.08. The van der Waals surface area contributed by atoms with Gasteiger partial charge < -0.3 is 20.7 Å². The molecule has 0 radical (unpaired) electrons. The zero-order valence-corrected chi connectivity index (χ0v) is 9.87. The number of amides is 2. The van der Waals surface area contributed by atoms with Crippen molar-refractivity contribution in [2.24, 2.45) is 11.7 Å². The summed E-state index contributed by atoms with van der Waals surface area (Å²) in [6.45, 7) is 5.18. The highest BCUT2D eigenvalue weighted by Gasteiger charge is 2.42. The number of carbonyl (C=O) groups excluding carboxylic acids is 1. The maximum atomic E-state index is 12.0. The summed E-state index contributed by atoms with van der Waals surface area (Å²) < 4.78 is 5.22. The van der Waals surface area contributed by atoms with E-state index in [9.17, 15) is 4.79 Å². The van der Waals surface area contributed by atoms with Gasteiger partial charge in [0.25, 0.3) is 0 Å². The molecule has 2 rings (SSSR count). The Morgan fingerprint density at radius 2 is 2.12 bits per heavy atom. The molecular formula is C11H21N3O2. The van der Waals surface area contributed by atoms with Gasteiger partial charge in [-0.3, -0.25) is 0 Å². The Labute approximate surface area is 96.3 Å². The molecule has 0 aromatic rings. The Hall–Kier alpha value is -0.810. The van der Waals surface area contributed by atoms with E-state index in [1.54, 1.807) is 4.90 Å². The molecule has 0 aromatic carbocycles. The highest BCUT2D eigenvalue weighted by Crippen LogP contribution is 2.39. The van der Waals surface area contributed by atoms with E-state index in [-0.39, 0.29) is 11.6 Å². The number of morpholine rings is 1. The van der Waals surface area contributed by atoms with E-state index in [1.807, 2.05) is 6.92 Å². The molecule has 92 valence electrons. The molecular weight excluding hydrogens is 206 g/mol. The predicted molar refractivity (Wildman–Crippen MR) is 61.1 cm³/mol. The van der Waals surface area contributed by atoms with Gasteiger partial charge in [0.2, 0.25) is 0 Å². The van der Waals surface area contributed by atoms with E-state index in [4.69, 9.17) is 10.5 Å². The van der Waals surface area contributed by atoms with E-state index < -0.39 is 0 Å². The summed E-state index contributed by atoms with van der Waals surface area (Å²) in [6, 6.07) is 0.00292. The zero-order valence-electron chi connectivity index (χ0n) is 9.87. The van der Waals surface area contributed by atoms with Crippen LogP contribution in [0.15, 0.2) is 0 Å². The maximum absolute atomic E-state index is 12.0. The Kier molecular flexibility index (Phi) is 3.35. The van der Waals surface area contributed by atoms with Crippen LogP contribution in [-0.4, -0.2) is 49.3 Å². The quantitative estimate of drug-likeness (QED) is 0.721. The lowest BCUT2D eigenvalue weighted by Crippen LogP contribution is -2.58. The first kappa shape index (κ1) is 11.7. The molecule has 1 saturated carbocycles. The van der Waals surface area contributed by atoms with Crippen LogP contribution in [0.5, 0.6) is 0 Å². The number of nitrogens with one attached hydrogen (secondary N) is 1. The summed E-state index contributed by atoms with van der Waals surface area (Å²) >= 11 is 0. The molecule has 0 bridgehead atoms. The predicted octanol–water partition coefficient (Wildman–Crippen LogP) is 0.156. The van der Waals surface area contributed by atoms with E-state index in [0.717, 1.165) is 0 Å². The van der Waals surface area contributed by atoms with Gasteiger partial charge in [-0.1, -0.05) is 0 Å². The van der Waals surface area contributed by atoms with Gasteiger partial charge >= 0.3 is 6.03 Å². The lowest BCUT2D eigenvalue weighted by atomic mass is 9.96. The van der Waals surface area contributed by atoms with Crippen molar-refractivity contribution in [1.29, 1.82) is 0 Å². The molecule has 2 aliphatic rings. The molecule has 0 aromatic heterocycles. The number of urea groups is 1. The Bertz CT molecular complexity index is 262. The van der Waals surface area contributed by atoms with Crippen LogP contribution in [0.2, 0.25) is 0 Å². The molecule has 1 unspecified atom stereocenters. The standard InChI is InChI=1S/C11H21N3O2/c1-11(8-12,9-2-3-9)13-10(15)14-4-6-16-7-5-14/h9H,2-8,12H2,1H3,(H,13,15). The zero-order chi connectivity index (χ0) is 11.6.